The number of hydrogen-bond donors (Lipinski definition) is 0. The smallest absolute Gasteiger partial charge is 0.134 e. The van der Waals surface area contributed by atoms with E-state index in [0.717, 1.165) is 42.6 Å². The minimum atomic E-state index is 0.823. The maximum absolute atomic E-state index is 5.50. The van der Waals surface area contributed by atoms with Crippen LogP contribution < -0.4 is 18.9 Å². The van der Waals surface area contributed by atoms with E-state index in [0.29, 0.717) is 0 Å². The molecule has 0 aromatic heterocycles. The first kappa shape index (κ1) is 15.2. The number of methoxy groups -OCH3 is 4. The van der Waals surface area contributed by atoms with Crippen LogP contribution in [0, 0.1) is 0 Å². The number of benzene rings is 2. The lowest BCUT2D eigenvalue weighted by molar-refractivity contribution is 0.378. The third-order valence-corrected chi connectivity index (χ3v) is 6.06. The molecule has 0 radical (unpaired) electrons. The van der Waals surface area contributed by atoms with Crippen LogP contribution in [0.5, 0.6) is 23.0 Å². The molecule has 0 amide bonds. The predicted octanol–water partition coefficient (Wildman–Crippen LogP) is 4.34. The summed E-state index contributed by atoms with van der Waals surface area (Å²) in [6, 6.07) is 7.68. The van der Waals surface area contributed by atoms with Crippen LogP contribution in [0.3, 0.4) is 0 Å². The van der Waals surface area contributed by atoms with Crippen molar-refractivity contribution in [2.75, 3.05) is 28.4 Å². The monoisotopic (exact) mass is 336 g/mol. The van der Waals surface area contributed by atoms with Crippen molar-refractivity contribution in [1.82, 2.24) is 0 Å². The topological polar surface area (TPSA) is 36.9 Å². The van der Waals surface area contributed by atoms with E-state index < -0.39 is 0 Å². The fraction of sp³-hybridized carbons (Fsp3) is 0.250. The summed E-state index contributed by atoms with van der Waals surface area (Å²) in [6.07, 6.45) is 0. The second-order valence-electron chi connectivity index (χ2n) is 4.46. The largest absolute Gasteiger partial charge is 0.496 e. The van der Waals surface area contributed by atoms with Crippen molar-refractivity contribution in [3.63, 3.8) is 0 Å². The van der Waals surface area contributed by atoms with Crippen molar-refractivity contribution in [3.8, 4) is 23.0 Å². The van der Waals surface area contributed by atoms with Crippen molar-refractivity contribution in [3.05, 3.63) is 24.3 Å². The zero-order valence-electron chi connectivity index (χ0n) is 12.8. The summed E-state index contributed by atoms with van der Waals surface area (Å²) in [5.41, 5.74) is 0. The number of ether oxygens (including phenoxy) is 4. The Morgan fingerprint density at radius 2 is 0.727 bits per heavy atom. The van der Waals surface area contributed by atoms with E-state index in [1.54, 1.807) is 52.0 Å². The molecule has 0 unspecified atom stereocenters. The number of hydrogen-bond acceptors (Lipinski definition) is 6. The normalized spacial score (nSPS) is 12.2. The van der Waals surface area contributed by atoms with Crippen LogP contribution in [0.1, 0.15) is 0 Å². The third kappa shape index (κ3) is 2.36. The average Bonchev–Trinajstić information content (AvgIpc) is 2.58. The van der Waals surface area contributed by atoms with Gasteiger partial charge in [-0.1, -0.05) is 23.5 Å². The van der Waals surface area contributed by atoms with Gasteiger partial charge in [0.05, 0.1) is 48.0 Å². The molecule has 0 atom stereocenters. The molecule has 116 valence electrons. The minimum Gasteiger partial charge on any atom is -0.496 e. The summed E-state index contributed by atoms with van der Waals surface area (Å²) < 4.78 is 22.0. The zero-order valence-corrected chi connectivity index (χ0v) is 14.4. The fourth-order valence-electron chi connectivity index (χ4n) is 2.29. The highest BCUT2D eigenvalue weighted by Gasteiger charge is 2.28. The van der Waals surface area contributed by atoms with E-state index in [1.165, 1.54) is 0 Å². The molecule has 2 aromatic carbocycles. The lowest BCUT2D eigenvalue weighted by atomic mass is 10.3. The molecule has 2 aromatic rings. The van der Waals surface area contributed by atoms with Gasteiger partial charge in [0, 0.05) is 0 Å². The Bertz CT molecular complexity index is 596. The van der Waals surface area contributed by atoms with Gasteiger partial charge >= 0.3 is 0 Å². The van der Waals surface area contributed by atoms with Gasteiger partial charge in [0.1, 0.15) is 23.0 Å². The van der Waals surface area contributed by atoms with Gasteiger partial charge in [0.2, 0.25) is 0 Å². The van der Waals surface area contributed by atoms with E-state index in [9.17, 15) is 0 Å². The van der Waals surface area contributed by atoms with Crippen molar-refractivity contribution < 1.29 is 18.9 Å². The summed E-state index contributed by atoms with van der Waals surface area (Å²) in [6.45, 7) is 0. The lowest BCUT2D eigenvalue weighted by Gasteiger charge is -2.24. The van der Waals surface area contributed by atoms with Crippen LogP contribution in [-0.4, -0.2) is 28.4 Å². The summed E-state index contributed by atoms with van der Waals surface area (Å²) in [5.74, 6) is 3.29. The Hall–Kier alpha value is -1.66. The van der Waals surface area contributed by atoms with Crippen molar-refractivity contribution in [1.29, 1.82) is 0 Å². The molecule has 0 N–H and O–H groups in total. The predicted molar refractivity (Wildman–Crippen MR) is 87.3 cm³/mol. The molecular weight excluding hydrogens is 320 g/mol. The first-order chi connectivity index (χ1) is 10.7. The molecule has 0 fully saturated rings. The maximum Gasteiger partial charge on any atom is 0.134 e. The van der Waals surface area contributed by atoms with Gasteiger partial charge in [-0.2, -0.15) is 0 Å². The Morgan fingerprint density at radius 1 is 0.500 bits per heavy atom. The molecule has 3 rings (SSSR count). The second-order valence-corrected chi connectivity index (χ2v) is 6.50. The Kier molecular flexibility index (Phi) is 4.31. The van der Waals surface area contributed by atoms with E-state index in [4.69, 9.17) is 18.9 Å². The standard InChI is InChI=1S/C16H16O4S2/c1-17-9-5-6-10(18-2)14-13(9)21-15-11(19-3)7-8-12(20-4)16(15)22-14/h5-8H,1-4H3. The molecular formula is C16H16O4S2. The van der Waals surface area contributed by atoms with E-state index >= 15 is 0 Å². The van der Waals surface area contributed by atoms with Crippen LogP contribution in [0.25, 0.3) is 0 Å². The van der Waals surface area contributed by atoms with Crippen LogP contribution in [0.2, 0.25) is 0 Å². The Labute approximate surface area is 138 Å². The Morgan fingerprint density at radius 3 is 0.909 bits per heavy atom. The van der Waals surface area contributed by atoms with Crippen LogP contribution >= 0.6 is 23.5 Å². The SMILES string of the molecule is COc1ccc(OC)c2c1Sc1c(OC)ccc(OC)c1S2. The summed E-state index contributed by atoms with van der Waals surface area (Å²) in [5, 5.41) is 0. The highest BCUT2D eigenvalue weighted by atomic mass is 32.2. The van der Waals surface area contributed by atoms with E-state index in [2.05, 4.69) is 0 Å². The molecule has 0 saturated carbocycles. The van der Waals surface area contributed by atoms with Crippen LogP contribution in [0.4, 0.5) is 0 Å². The Balaban J connectivity index is 2.20. The van der Waals surface area contributed by atoms with Crippen molar-refractivity contribution in [2.45, 2.75) is 19.6 Å². The van der Waals surface area contributed by atoms with Crippen molar-refractivity contribution in [2.24, 2.45) is 0 Å². The minimum absolute atomic E-state index is 0.823. The van der Waals surface area contributed by atoms with Gasteiger partial charge in [-0.15, -0.1) is 0 Å². The highest BCUT2D eigenvalue weighted by Crippen LogP contribution is 2.59. The molecule has 1 heterocycles. The summed E-state index contributed by atoms with van der Waals surface area (Å²) in [7, 11) is 6.69. The van der Waals surface area contributed by atoms with Gasteiger partial charge < -0.3 is 18.9 Å². The first-order valence-electron chi connectivity index (χ1n) is 6.59. The average molecular weight is 336 g/mol. The van der Waals surface area contributed by atoms with Gasteiger partial charge in [0.25, 0.3) is 0 Å². The fourth-order valence-corrected chi connectivity index (χ4v) is 4.98. The molecule has 1 aliphatic heterocycles. The molecule has 1 aliphatic rings. The molecule has 0 spiro atoms. The van der Waals surface area contributed by atoms with Gasteiger partial charge in [-0.3, -0.25) is 0 Å². The highest BCUT2D eigenvalue weighted by molar-refractivity contribution is 8.05. The third-order valence-electron chi connectivity index (χ3n) is 3.37. The van der Waals surface area contributed by atoms with Gasteiger partial charge in [-0.25, -0.2) is 0 Å². The zero-order chi connectivity index (χ0) is 15.7. The van der Waals surface area contributed by atoms with Crippen LogP contribution in [0.15, 0.2) is 43.8 Å². The number of fused-ring (bicyclic) bond motifs is 2. The molecule has 0 bridgehead atoms. The molecule has 4 nitrogen and oxygen atoms in total. The molecule has 22 heavy (non-hydrogen) atoms. The quantitative estimate of drug-likeness (QED) is 0.705. The second kappa shape index (κ2) is 6.22. The molecule has 0 aliphatic carbocycles. The maximum atomic E-state index is 5.50. The number of rotatable bonds is 4. The first-order valence-corrected chi connectivity index (χ1v) is 8.22. The van der Waals surface area contributed by atoms with E-state index in [1.807, 2.05) is 24.3 Å². The molecule has 0 saturated heterocycles. The summed E-state index contributed by atoms with van der Waals surface area (Å²) in [4.78, 5) is 4.13. The van der Waals surface area contributed by atoms with Crippen LogP contribution in [-0.2, 0) is 0 Å². The van der Waals surface area contributed by atoms with E-state index in [-0.39, 0.29) is 0 Å². The van der Waals surface area contributed by atoms with Gasteiger partial charge in [0.15, 0.2) is 0 Å². The van der Waals surface area contributed by atoms with Gasteiger partial charge in [-0.05, 0) is 24.3 Å². The summed E-state index contributed by atoms with van der Waals surface area (Å²) >= 11 is 3.23. The van der Waals surface area contributed by atoms with Crippen molar-refractivity contribution >= 4 is 23.5 Å². The molecule has 6 heteroatoms. The lowest BCUT2D eigenvalue weighted by Crippen LogP contribution is -2.00.